The largest absolute Gasteiger partial charge is 0.324 e. The molecule has 0 aliphatic carbocycles. The molecule has 2 aromatic rings. The van der Waals surface area contributed by atoms with Crippen LogP contribution in [0.3, 0.4) is 0 Å². The van der Waals surface area contributed by atoms with Crippen molar-refractivity contribution in [3.63, 3.8) is 0 Å². The molecule has 0 unspecified atom stereocenters. The van der Waals surface area contributed by atoms with Crippen molar-refractivity contribution in [1.29, 1.82) is 0 Å². The number of carbonyl (C=O) groups excluding carboxylic acids is 1. The summed E-state index contributed by atoms with van der Waals surface area (Å²) in [6, 6.07) is 9.89. The Morgan fingerprint density at radius 2 is 1.75 bits per heavy atom. The summed E-state index contributed by atoms with van der Waals surface area (Å²) in [4.78, 5) is 13.1. The van der Waals surface area contributed by atoms with Gasteiger partial charge in [-0.2, -0.15) is 0 Å². The normalized spacial score (nSPS) is 12.7. The second-order valence-electron chi connectivity index (χ2n) is 7.14. The van der Waals surface area contributed by atoms with Gasteiger partial charge in [-0.15, -0.1) is 0 Å². The van der Waals surface area contributed by atoms with Gasteiger partial charge in [0, 0.05) is 5.69 Å². The van der Waals surface area contributed by atoms with Crippen molar-refractivity contribution < 1.29 is 17.6 Å². The fraction of sp³-hybridized carbons (Fsp3) is 0.381. The Morgan fingerprint density at radius 1 is 1.14 bits per heavy atom. The molecule has 0 aromatic heterocycles. The summed E-state index contributed by atoms with van der Waals surface area (Å²) in [6.45, 7) is 7.70. The van der Waals surface area contributed by atoms with Crippen LogP contribution in [-0.4, -0.2) is 26.6 Å². The average molecular weight is 407 g/mol. The molecule has 0 saturated carbocycles. The van der Waals surface area contributed by atoms with Gasteiger partial charge in [0.25, 0.3) is 0 Å². The van der Waals surface area contributed by atoms with Gasteiger partial charge in [-0.3, -0.25) is 9.10 Å². The van der Waals surface area contributed by atoms with Crippen LogP contribution in [0.2, 0.25) is 0 Å². The van der Waals surface area contributed by atoms with Crippen LogP contribution in [0.1, 0.15) is 44.2 Å². The molecule has 0 saturated heterocycles. The molecule has 0 aliphatic heterocycles. The number of hydrogen-bond donors (Lipinski definition) is 1. The number of sulfonamides is 1. The molecule has 0 radical (unpaired) electrons. The number of benzene rings is 2. The highest BCUT2D eigenvalue weighted by atomic mass is 32.2. The number of para-hydroxylation sites is 1. The summed E-state index contributed by atoms with van der Waals surface area (Å²) < 4.78 is 39.3. The number of halogens is 1. The molecule has 0 fully saturated rings. The van der Waals surface area contributed by atoms with E-state index in [4.69, 9.17) is 0 Å². The number of anilines is 2. The highest BCUT2D eigenvalue weighted by Crippen LogP contribution is 2.29. The molecule has 1 atom stereocenters. The minimum absolute atomic E-state index is 0.193. The minimum Gasteiger partial charge on any atom is -0.324 e. The fourth-order valence-electron chi connectivity index (χ4n) is 3.20. The predicted octanol–water partition coefficient (Wildman–Crippen LogP) is 4.44. The van der Waals surface area contributed by atoms with E-state index in [9.17, 15) is 17.6 Å². The van der Waals surface area contributed by atoms with Crippen LogP contribution in [0, 0.1) is 12.7 Å². The summed E-state index contributed by atoms with van der Waals surface area (Å²) in [5, 5.41) is 2.93. The summed E-state index contributed by atoms with van der Waals surface area (Å²) in [6.07, 6.45) is 1.30. The molecular weight excluding hydrogens is 379 g/mol. The van der Waals surface area contributed by atoms with Crippen molar-refractivity contribution in [2.45, 2.75) is 46.1 Å². The molecule has 2 aromatic carbocycles. The third kappa shape index (κ3) is 4.90. The van der Waals surface area contributed by atoms with Gasteiger partial charge in [-0.25, -0.2) is 12.8 Å². The highest BCUT2D eigenvalue weighted by molar-refractivity contribution is 7.92. The molecule has 152 valence electrons. The first-order valence-electron chi connectivity index (χ1n) is 9.21. The Labute approximate surface area is 166 Å². The minimum atomic E-state index is -3.77. The summed E-state index contributed by atoms with van der Waals surface area (Å²) in [7, 11) is -3.77. The molecular formula is C21H27FN2O3S. The quantitative estimate of drug-likeness (QED) is 0.739. The maximum atomic E-state index is 13.3. The Morgan fingerprint density at radius 3 is 2.25 bits per heavy atom. The first-order chi connectivity index (χ1) is 13.1. The molecule has 28 heavy (non-hydrogen) atoms. The lowest BCUT2D eigenvalue weighted by molar-refractivity contribution is -0.117. The van der Waals surface area contributed by atoms with Crippen molar-refractivity contribution in [1.82, 2.24) is 0 Å². The molecule has 0 bridgehead atoms. The van der Waals surface area contributed by atoms with Crippen LogP contribution in [0.5, 0.6) is 0 Å². The zero-order valence-corrected chi connectivity index (χ0v) is 17.7. The van der Waals surface area contributed by atoms with Crippen molar-refractivity contribution in [2.75, 3.05) is 15.9 Å². The molecule has 1 N–H and O–H groups in total. The van der Waals surface area contributed by atoms with E-state index in [1.54, 1.807) is 6.92 Å². The molecule has 7 heteroatoms. The zero-order valence-electron chi connectivity index (χ0n) is 16.9. The summed E-state index contributed by atoms with van der Waals surface area (Å²) in [5.74, 6) is -0.706. The maximum absolute atomic E-state index is 13.3. The Bertz CT molecular complexity index is 941. The third-order valence-corrected chi connectivity index (χ3v) is 5.77. The number of nitrogens with one attached hydrogen (secondary N) is 1. The number of aryl methyl sites for hydroxylation is 1. The molecule has 1 amide bonds. The Balaban J connectivity index is 2.45. The van der Waals surface area contributed by atoms with Crippen molar-refractivity contribution in [3.8, 4) is 0 Å². The van der Waals surface area contributed by atoms with E-state index in [-0.39, 0.29) is 18.0 Å². The summed E-state index contributed by atoms with van der Waals surface area (Å²) >= 11 is 0. The third-order valence-electron chi connectivity index (χ3n) is 4.59. The zero-order chi connectivity index (χ0) is 21.1. The van der Waals surface area contributed by atoms with Gasteiger partial charge in [0.15, 0.2) is 0 Å². The SMILES string of the molecule is CC[C@H](C(=O)Nc1c(C)cccc1C(C)C)N(c1ccc(F)cc1)S(C)(=O)=O. The Kier molecular flexibility index (Phi) is 6.82. The number of rotatable bonds is 7. The number of carbonyl (C=O) groups is 1. The molecule has 2 rings (SSSR count). The van der Waals surface area contributed by atoms with Crippen molar-refractivity contribution >= 4 is 27.3 Å². The van der Waals surface area contributed by atoms with Crippen LogP contribution in [-0.2, 0) is 14.8 Å². The average Bonchev–Trinajstić information content (AvgIpc) is 2.61. The van der Waals surface area contributed by atoms with Crippen LogP contribution >= 0.6 is 0 Å². The van der Waals surface area contributed by atoms with Gasteiger partial charge >= 0.3 is 0 Å². The molecule has 0 spiro atoms. The van der Waals surface area contributed by atoms with Gasteiger partial charge in [0.05, 0.1) is 11.9 Å². The lowest BCUT2D eigenvalue weighted by atomic mass is 9.98. The molecule has 0 heterocycles. The van der Waals surface area contributed by atoms with Gasteiger partial charge in [0.2, 0.25) is 15.9 Å². The van der Waals surface area contributed by atoms with Crippen molar-refractivity contribution in [2.24, 2.45) is 0 Å². The van der Waals surface area contributed by atoms with E-state index in [1.165, 1.54) is 24.3 Å². The second-order valence-corrected chi connectivity index (χ2v) is 9.00. The van der Waals surface area contributed by atoms with Crippen molar-refractivity contribution in [3.05, 3.63) is 59.4 Å². The van der Waals surface area contributed by atoms with E-state index in [0.29, 0.717) is 5.69 Å². The van der Waals surface area contributed by atoms with E-state index >= 15 is 0 Å². The van der Waals surface area contributed by atoms with E-state index < -0.39 is 27.8 Å². The molecule has 5 nitrogen and oxygen atoms in total. The van der Waals surface area contributed by atoms with Gasteiger partial charge in [0.1, 0.15) is 11.9 Å². The first kappa shape index (κ1) is 21.9. The van der Waals surface area contributed by atoms with E-state index in [2.05, 4.69) is 5.32 Å². The standard InChI is InChI=1S/C21H27FN2O3S/c1-6-19(24(28(5,26)27)17-12-10-16(22)11-13-17)21(25)23-20-15(4)8-7-9-18(20)14(2)3/h7-14,19H,6H2,1-5H3,(H,23,25)/t19-/m1/s1. The lowest BCUT2D eigenvalue weighted by Gasteiger charge is -2.30. The van der Waals surface area contributed by atoms with Crippen LogP contribution in [0.4, 0.5) is 15.8 Å². The topological polar surface area (TPSA) is 66.5 Å². The van der Waals surface area contributed by atoms with Gasteiger partial charge < -0.3 is 5.32 Å². The van der Waals surface area contributed by atoms with Crippen LogP contribution in [0.15, 0.2) is 42.5 Å². The van der Waals surface area contributed by atoms with Gasteiger partial charge in [-0.05, 0) is 54.7 Å². The smallest absolute Gasteiger partial charge is 0.248 e. The lowest BCUT2D eigenvalue weighted by Crippen LogP contribution is -2.47. The monoisotopic (exact) mass is 406 g/mol. The second kappa shape index (κ2) is 8.73. The Hall–Kier alpha value is -2.41. The first-order valence-corrected chi connectivity index (χ1v) is 11.1. The highest BCUT2D eigenvalue weighted by Gasteiger charge is 2.32. The van der Waals surface area contributed by atoms with Crippen LogP contribution in [0.25, 0.3) is 0 Å². The van der Waals surface area contributed by atoms with Crippen LogP contribution < -0.4 is 9.62 Å². The van der Waals surface area contributed by atoms with Gasteiger partial charge in [-0.1, -0.05) is 39.0 Å². The fourth-order valence-corrected chi connectivity index (χ4v) is 4.41. The van der Waals surface area contributed by atoms with E-state index in [0.717, 1.165) is 21.7 Å². The van der Waals surface area contributed by atoms with E-state index in [1.807, 2.05) is 39.0 Å². The number of amides is 1. The summed E-state index contributed by atoms with van der Waals surface area (Å²) in [5.41, 5.74) is 2.84. The number of nitrogens with zero attached hydrogens (tertiary/aromatic N) is 1. The maximum Gasteiger partial charge on any atom is 0.248 e. The molecule has 0 aliphatic rings. The number of hydrogen-bond acceptors (Lipinski definition) is 3. The predicted molar refractivity (Wildman–Crippen MR) is 112 cm³/mol.